The Hall–Kier alpha value is -0.480. The summed E-state index contributed by atoms with van der Waals surface area (Å²) in [5.41, 5.74) is 1.19. The Bertz CT molecular complexity index is 304. The first kappa shape index (κ1) is 15.5. The van der Waals surface area contributed by atoms with Gasteiger partial charge < -0.3 is 10.4 Å². The molecule has 0 bridgehead atoms. The maximum atomic E-state index is 9.31. The highest BCUT2D eigenvalue weighted by molar-refractivity contribution is 5.85. The van der Waals surface area contributed by atoms with E-state index >= 15 is 0 Å². The molecule has 0 aliphatic carbocycles. The van der Waals surface area contributed by atoms with Gasteiger partial charge in [0.1, 0.15) is 5.75 Å². The molecule has 92 valence electrons. The highest BCUT2D eigenvalue weighted by atomic mass is 35.5. The minimum atomic E-state index is 0. The van der Waals surface area contributed by atoms with Gasteiger partial charge in [0.25, 0.3) is 0 Å². The third-order valence-corrected chi connectivity index (χ3v) is 2.53. The maximum absolute atomic E-state index is 9.31. The van der Waals surface area contributed by atoms with Crippen LogP contribution in [0.2, 0.25) is 0 Å². The van der Waals surface area contributed by atoms with Crippen LogP contribution in [-0.2, 0) is 6.54 Å². The third kappa shape index (κ3) is 4.58. The van der Waals surface area contributed by atoms with Crippen molar-refractivity contribution in [2.24, 2.45) is 0 Å². The monoisotopic (exact) mass is 264 g/mol. The molecule has 1 heterocycles. The second-order valence-corrected chi connectivity index (χ2v) is 3.70. The van der Waals surface area contributed by atoms with Crippen LogP contribution >= 0.6 is 24.8 Å². The number of phenols is 1. The highest BCUT2D eigenvalue weighted by Gasteiger charge is 2.09. The molecule has 0 saturated carbocycles. The fourth-order valence-corrected chi connectivity index (χ4v) is 1.78. The molecule has 0 aromatic heterocycles. The Labute approximate surface area is 109 Å². The summed E-state index contributed by atoms with van der Waals surface area (Å²) in [4.78, 5) is 2.39. The Kier molecular flexibility index (Phi) is 7.51. The highest BCUT2D eigenvalue weighted by Crippen LogP contribution is 2.12. The van der Waals surface area contributed by atoms with E-state index in [9.17, 15) is 5.11 Å². The summed E-state index contributed by atoms with van der Waals surface area (Å²) in [6, 6.07) is 7.50. The SMILES string of the molecule is Cl.Cl.Oc1cccc(CN2CCNCC2)c1. The molecule has 1 aromatic rings. The minimum Gasteiger partial charge on any atom is -0.508 e. The normalized spacial score (nSPS) is 16.0. The largest absolute Gasteiger partial charge is 0.508 e. The van der Waals surface area contributed by atoms with E-state index in [-0.39, 0.29) is 24.8 Å². The van der Waals surface area contributed by atoms with Crippen LogP contribution in [0, 0.1) is 0 Å². The van der Waals surface area contributed by atoms with Gasteiger partial charge in [-0.15, -0.1) is 24.8 Å². The average Bonchev–Trinajstić information content (AvgIpc) is 2.19. The van der Waals surface area contributed by atoms with E-state index in [1.54, 1.807) is 6.07 Å². The molecular weight excluding hydrogens is 247 g/mol. The van der Waals surface area contributed by atoms with Crippen molar-refractivity contribution < 1.29 is 5.11 Å². The Morgan fingerprint density at radius 2 is 1.88 bits per heavy atom. The number of hydrogen-bond donors (Lipinski definition) is 2. The van der Waals surface area contributed by atoms with Crippen LogP contribution in [0.5, 0.6) is 5.75 Å². The molecule has 2 rings (SSSR count). The summed E-state index contributed by atoms with van der Waals surface area (Å²) in [6.07, 6.45) is 0. The topological polar surface area (TPSA) is 35.5 Å². The fraction of sp³-hybridized carbons (Fsp3) is 0.455. The standard InChI is InChI=1S/C11H16N2O.2ClH/c14-11-3-1-2-10(8-11)9-13-6-4-12-5-7-13;;/h1-3,8,12,14H,4-7,9H2;2*1H. The zero-order valence-corrected chi connectivity index (χ0v) is 10.7. The van der Waals surface area contributed by atoms with Crippen molar-refractivity contribution in [1.82, 2.24) is 10.2 Å². The molecule has 5 heteroatoms. The Morgan fingerprint density at radius 3 is 2.50 bits per heavy atom. The predicted octanol–water partition coefficient (Wildman–Crippen LogP) is 1.64. The predicted molar refractivity (Wildman–Crippen MR) is 70.7 cm³/mol. The molecule has 1 fully saturated rings. The van der Waals surface area contributed by atoms with E-state index in [4.69, 9.17) is 0 Å². The van der Waals surface area contributed by atoms with E-state index in [2.05, 4.69) is 16.3 Å². The van der Waals surface area contributed by atoms with Crippen LogP contribution in [0.25, 0.3) is 0 Å². The maximum Gasteiger partial charge on any atom is 0.115 e. The number of rotatable bonds is 2. The summed E-state index contributed by atoms with van der Waals surface area (Å²) >= 11 is 0. The molecule has 1 aliphatic heterocycles. The van der Waals surface area contributed by atoms with Gasteiger partial charge >= 0.3 is 0 Å². The van der Waals surface area contributed by atoms with Gasteiger partial charge in [-0.1, -0.05) is 12.1 Å². The number of halogens is 2. The zero-order valence-electron chi connectivity index (χ0n) is 9.06. The van der Waals surface area contributed by atoms with Gasteiger partial charge in [0, 0.05) is 32.7 Å². The Balaban J connectivity index is 0.00000112. The van der Waals surface area contributed by atoms with Crippen molar-refractivity contribution in [3.63, 3.8) is 0 Å². The van der Waals surface area contributed by atoms with Gasteiger partial charge in [0.2, 0.25) is 0 Å². The average molecular weight is 265 g/mol. The molecule has 1 aromatic carbocycles. The van der Waals surface area contributed by atoms with E-state index in [1.807, 2.05) is 12.1 Å². The second kappa shape index (κ2) is 7.74. The van der Waals surface area contributed by atoms with Crippen LogP contribution in [0.4, 0.5) is 0 Å². The van der Waals surface area contributed by atoms with Gasteiger partial charge in [-0.05, 0) is 17.7 Å². The molecule has 0 atom stereocenters. The molecular formula is C11H18Cl2N2O. The third-order valence-electron chi connectivity index (χ3n) is 2.53. The van der Waals surface area contributed by atoms with E-state index in [1.165, 1.54) is 5.56 Å². The van der Waals surface area contributed by atoms with Crippen molar-refractivity contribution in [2.75, 3.05) is 26.2 Å². The van der Waals surface area contributed by atoms with Crippen molar-refractivity contribution in [2.45, 2.75) is 6.54 Å². The van der Waals surface area contributed by atoms with Crippen molar-refractivity contribution >= 4 is 24.8 Å². The second-order valence-electron chi connectivity index (χ2n) is 3.70. The zero-order chi connectivity index (χ0) is 9.80. The van der Waals surface area contributed by atoms with Gasteiger partial charge in [-0.3, -0.25) is 4.90 Å². The molecule has 16 heavy (non-hydrogen) atoms. The van der Waals surface area contributed by atoms with Crippen LogP contribution in [-0.4, -0.2) is 36.2 Å². The molecule has 2 N–H and O–H groups in total. The van der Waals surface area contributed by atoms with E-state index in [0.717, 1.165) is 32.7 Å². The van der Waals surface area contributed by atoms with Crippen LogP contribution in [0.3, 0.4) is 0 Å². The lowest BCUT2D eigenvalue weighted by Crippen LogP contribution is -2.42. The number of aromatic hydroxyl groups is 1. The number of nitrogens with zero attached hydrogens (tertiary/aromatic N) is 1. The van der Waals surface area contributed by atoms with Crippen molar-refractivity contribution in [1.29, 1.82) is 0 Å². The van der Waals surface area contributed by atoms with E-state index < -0.39 is 0 Å². The summed E-state index contributed by atoms with van der Waals surface area (Å²) in [7, 11) is 0. The van der Waals surface area contributed by atoms with Crippen molar-refractivity contribution in [3.8, 4) is 5.75 Å². The number of phenolic OH excluding ortho intramolecular Hbond substituents is 1. The quantitative estimate of drug-likeness (QED) is 0.853. The lowest BCUT2D eigenvalue weighted by atomic mass is 10.2. The van der Waals surface area contributed by atoms with Crippen LogP contribution in [0.15, 0.2) is 24.3 Å². The van der Waals surface area contributed by atoms with Crippen molar-refractivity contribution in [3.05, 3.63) is 29.8 Å². The first-order chi connectivity index (χ1) is 6.84. The van der Waals surface area contributed by atoms with E-state index in [0.29, 0.717) is 5.75 Å². The molecule has 1 aliphatic rings. The molecule has 3 nitrogen and oxygen atoms in total. The number of nitrogens with one attached hydrogen (secondary N) is 1. The van der Waals surface area contributed by atoms with Gasteiger partial charge in [0.05, 0.1) is 0 Å². The molecule has 1 saturated heterocycles. The molecule has 0 radical (unpaired) electrons. The molecule has 0 unspecified atom stereocenters. The van der Waals surface area contributed by atoms with Gasteiger partial charge in [-0.2, -0.15) is 0 Å². The first-order valence-corrected chi connectivity index (χ1v) is 5.05. The lowest BCUT2D eigenvalue weighted by Gasteiger charge is -2.27. The van der Waals surface area contributed by atoms with Crippen LogP contribution < -0.4 is 5.32 Å². The summed E-state index contributed by atoms with van der Waals surface area (Å²) in [5.74, 6) is 0.359. The summed E-state index contributed by atoms with van der Waals surface area (Å²) in [5, 5.41) is 12.6. The smallest absolute Gasteiger partial charge is 0.115 e. The number of benzene rings is 1. The summed E-state index contributed by atoms with van der Waals surface area (Å²) in [6.45, 7) is 5.26. The molecule has 0 amide bonds. The summed E-state index contributed by atoms with van der Waals surface area (Å²) < 4.78 is 0. The number of hydrogen-bond acceptors (Lipinski definition) is 3. The number of piperazine rings is 1. The lowest BCUT2D eigenvalue weighted by molar-refractivity contribution is 0.233. The van der Waals surface area contributed by atoms with Gasteiger partial charge in [-0.25, -0.2) is 0 Å². The fourth-order valence-electron chi connectivity index (χ4n) is 1.78. The van der Waals surface area contributed by atoms with Crippen LogP contribution in [0.1, 0.15) is 5.56 Å². The Morgan fingerprint density at radius 1 is 1.19 bits per heavy atom. The van der Waals surface area contributed by atoms with Gasteiger partial charge in [0.15, 0.2) is 0 Å². The minimum absolute atomic E-state index is 0. The molecule has 0 spiro atoms. The first-order valence-electron chi connectivity index (χ1n) is 5.05.